The van der Waals surface area contributed by atoms with Crippen molar-refractivity contribution < 1.29 is 45.3 Å². The van der Waals surface area contributed by atoms with E-state index in [1.807, 2.05) is 6.07 Å². The van der Waals surface area contributed by atoms with E-state index in [0.717, 1.165) is 18.2 Å². The summed E-state index contributed by atoms with van der Waals surface area (Å²) in [5.74, 6) is -0.334. The molecule has 3 rings (SSSR count). The number of aryl methyl sites for hydroxylation is 1. The lowest BCUT2D eigenvalue weighted by atomic mass is 10.1. The molecular formula is C22H16F6N4O4. The van der Waals surface area contributed by atoms with E-state index in [1.54, 1.807) is 0 Å². The van der Waals surface area contributed by atoms with E-state index in [9.17, 15) is 31.1 Å². The van der Waals surface area contributed by atoms with Crippen molar-refractivity contribution in [2.75, 3.05) is 18.1 Å². The topological polar surface area (TPSA) is 122 Å². The van der Waals surface area contributed by atoms with Crippen LogP contribution in [-0.2, 0) is 10.9 Å². The Morgan fingerprint density at radius 3 is 2.42 bits per heavy atom. The van der Waals surface area contributed by atoms with Gasteiger partial charge < -0.3 is 24.8 Å². The third-order valence-corrected chi connectivity index (χ3v) is 5.04. The highest BCUT2D eigenvalue weighted by Gasteiger charge is 2.51. The maximum Gasteiger partial charge on any atom is 0.433 e. The van der Waals surface area contributed by atoms with Crippen molar-refractivity contribution in [1.82, 2.24) is 0 Å². The molecule has 1 fully saturated rings. The average molecular weight is 514 g/mol. The minimum Gasteiger partial charge on any atom is -0.487 e. The van der Waals surface area contributed by atoms with Crippen LogP contribution < -0.4 is 20.1 Å². The minimum atomic E-state index is -4.98. The Labute approximate surface area is 200 Å². The Morgan fingerprint density at radius 1 is 1.17 bits per heavy atom. The van der Waals surface area contributed by atoms with E-state index in [-0.39, 0.29) is 17.1 Å². The summed E-state index contributed by atoms with van der Waals surface area (Å²) in [6.07, 6.45) is -15.1. The number of rotatable bonds is 5. The van der Waals surface area contributed by atoms with Crippen LogP contribution in [0.5, 0.6) is 11.5 Å². The van der Waals surface area contributed by atoms with Gasteiger partial charge in [-0.15, -0.1) is 0 Å². The van der Waals surface area contributed by atoms with E-state index in [4.69, 9.17) is 30.5 Å². The second kappa shape index (κ2) is 9.83. The SMILES string of the molecule is Cc1cc(C#N)cc(OC(N)=O)c1OC[C@@H]1CN(c2ccc(C#N)c(C(F)(F)F)c2)[C@@H](C(F)(F)F)O1. The predicted molar refractivity (Wildman–Crippen MR) is 110 cm³/mol. The Bertz CT molecular complexity index is 1250. The molecule has 2 N–H and O–H groups in total. The summed E-state index contributed by atoms with van der Waals surface area (Å²) < 4.78 is 96.4. The number of halogens is 6. The van der Waals surface area contributed by atoms with Crippen LogP contribution >= 0.6 is 0 Å². The third kappa shape index (κ3) is 5.72. The van der Waals surface area contributed by atoms with Gasteiger partial charge in [-0.3, -0.25) is 0 Å². The summed E-state index contributed by atoms with van der Waals surface area (Å²) >= 11 is 0. The van der Waals surface area contributed by atoms with E-state index in [2.05, 4.69) is 0 Å². The number of benzene rings is 2. The first kappa shape index (κ1) is 26.4. The largest absolute Gasteiger partial charge is 0.487 e. The lowest BCUT2D eigenvalue weighted by Crippen LogP contribution is -2.42. The molecular weight excluding hydrogens is 498 g/mol. The van der Waals surface area contributed by atoms with Crippen molar-refractivity contribution >= 4 is 11.8 Å². The van der Waals surface area contributed by atoms with Crippen LogP contribution in [0.25, 0.3) is 0 Å². The zero-order chi connectivity index (χ0) is 26.8. The second-order valence-corrected chi connectivity index (χ2v) is 7.61. The molecule has 0 radical (unpaired) electrons. The molecule has 1 saturated heterocycles. The zero-order valence-electron chi connectivity index (χ0n) is 18.3. The van der Waals surface area contributed by atoms with Crippen LogP contribution in [0.3, 0.4) is 0 Å². The number of hydrogen-bond donors (Lipinski definition) is 1. The summed E-state index contributed by atoms with van der Waals surface area (Å²) in [5, 5.41) is 18.0. The third-order valence-electron chi connectivity index (χ3n) is 5.04. The summed E-state index contributed by atoms with van der Waals surface area (Å²) in [6.45, 7) is 0.446. The van der Waals surface area contributed by atoms with Gasteiger partial charge in [-0.2, -0.15) is 36.9 Å². The summed E-state index contributed by atoms with van der Waals surface area (Å²) in [6, 6.07) is 7.90. The molecule has 0 unspecified atom stereocenters. The normalized spacial score (nSPS) is 17.9. The van der Waals surface area contributed by atoms with Gasteiger partial charge in [-0.1, -0.05) is 0 Å². The highest BCUT2D eigenvalue weighted by molar-refractivity contribution is 5.70. The van der Waals surface area contributed by atoms with Gasteiger partial charge in [0.2, 0.25) is 6.23 Å². The number of carbonyl (C=O) groups excluding carboxylic acids is 1. The van der Waals surface area contributed by atoms with E-state index < -0.39 is 60.7 Å². The van der Waals surface area contributed by atoms with Gasteiger partial charge in [0.25, 0.3) is 0 Å². The summed E-state index contributed by atoms with van der Waals surface area (Å²) in [4.78, 5) is 11.8. The highest BCUT2D eigenvalue weighted by atomic mass is 19.4. The lowest BCUT2D eigenvalue weighted by Gasteiger charge is -2.27. The first-order valence-corrected chi connectivity index (χ1v) is 9.99. The standard InChI is InChI=1S/C22H16F6N4O4/c1-11-4-12(7-29)5-17(36-20(31)33)18(11)34-10-15-9-32(19(35-15)22(26,27)28)14-3-2-13(8-30)16(6-14)21(23,24)25/h2-6,15,19H,9-10H2,1H3,(H2,31,33)/t15-,19+/m0/s1. The number of amides is 1. The number of carbonyl (C=O) groups is 1. The number of ether oxygens (including phenoxy) is 3. The molecule has 1 aliphatic heterocycles. The number of nitrogens with two attached hydrogens (primary N) is 1. The smallest absolute Gasteiger partial charge is 0.433 e. The molecule has 14 heteroatoms. The maximum atomic E-state index is 13.7. The van der Waals surface area contributed by atoms with Crippen molar-refractivity contribution in [1.29, 1.82) is 10.5 Å². The van der Waals surface area contributed by atoms with Crippen molar-refractivity contribution in [3.8, 4) is 23.6 Å². The molecule has 0 saturated carbocycles. The molecule has 0 aliphatic carbocycles. The van der Waals surface area contributed by atoms with Gasteiger partial charge in [0.1, 0.15) is 12.7 Å². The van der Waals surface area contributed by atoms with Crippen LogP contribution in [0.15, 0.2) is 30.3 Å². The molecule has 1 amide bonds. The molecule has 2 aromatic carbocycles. The van der Waals surface area contributed by atoms with Gasteiger partial charge in [-0.25, -0.2) is 4.79 Å². The Kier molecular flexibility index (Phi) is 7.22. The fourth-order valence-corrected chi connectivity index (χ4v) is 3.60. The number of nitrogens with zero attached hydrogens (tertiary/aromatic N) is 3. The van der Waals surface area contributed by atoms with Crippen LogP contribution in [0, 0.1) is 29.6 Å². The predicted octanol–water partition coefficient (Wildman–Crippen LogP) is 4.39. The van der Waals surface area contributed by atoms with E-state index in [0.29, 0.717) is 16.5 Å². The molecule has 36 heavy (non-hydrogen) atoms. The van der Waals surface area contributed by atoms with Crippen LogP contribution in [0.2, 0.25) is 0 Å². The molecule has 8 nitrogen and oxygen atoms in total. The highest BCUT2D eigenvalue weighted by Crippen LogP contribution is 2.40. The maximum absolute atomic E-state index is 13.7. The van der Waals surface area contributed by atoms with Crippen molar-refractivity contribution in [3.05, 3.63) is 52.6 Å². The average Bonchev–Trinajstić information content (AvgIpc) is 3.22. The van der Waals surface area contributed by atoms with E-state index in [1.165, 1.54) is 19.1 Å². The molecule has 190 valence electrons. The summed E-state index contributed by atoms with van der Waals surface area (Å²) in [5.41, 5.74) is 2.82. The number of primary amides is 1. The van der Waals surface area contributed by atoms with Crippen molar-refractivity contribution in [2.24, 2.45) is 5.73 Å². The Balaban J connectivity index is 1.89. The quantitative estimate of drug-likeness (QED) is 0.588. The van der Waals surface area contributed by atoms with Gasteiger partial charge in [0.05, 0.1) is 35.4 Å². The fourth-order valence-electron chi connectivity index (χ4n) is 3.60. The first-order valence-electron chi connectivity index (χ1n) is 9.99. The zero-order valence-corrected chi connectivity index (χ0v) is 18.3. The molecule has 1 aliphatic rings. The number of hydrogen-bond acceptors (Lipinski definition) is 7. The number of nitriles is 2. The second-order valence-electron chi connectivity index (χ2n) is 7.61. The number of alkyl halides is 6. The fraction of sp³-hybridized carbons (Fsp3) is 0.318. The van der Waals surface area contributed by atoms with Gasteiger partial charge in [0.15, 0.2) is 11.5 Å². The van der Waals surface area contributed by atoms with Gasteiger partial charge in [0, 0.05) is 11.8 Å². The van der Waals surface area contributed by atoms with Crippen LogP contribution in [-0.4, -0.2) is 37.8 Å². The molecule has 2 atom stereocenters. The van der Waals surface area contributed by atoms with Crippen LogP contribution in [0.1, 0.15) is 22.3 Å². The van der Waals surface area contributed by atoms with Gasteiger partial charge in [-0.05, 0) is 36.8 Å². The molecule has 0 spiro atoms. The molecule has 1 heterocycles. The minimum absolute atomic E-state index is 0.0869. The molecule has 0 bridgehead atoms. The Hall–Kier alpha value is -4.17. The Morgan fingerprint density at radius 2 is 1.86 bits per heavy atom. The van der Waals surface area contributed by atoms with Crippen molar-refractivity contribution in [2.45, 2.75) is 31.6 Å². The molecule has 0 aromatic heterocycles. The number of anilines is 1. The van der Waals surface area contributed by atoms with Crippen LogP contribution in [0.4, 0.5) is 36.8 Å². The lowest BCUT2D eigenvalue weighted by molar-refractivity contribution is -0.215. The monoisotopic (exact) mass is 514 g/mol. The van der Waals surface area contributed by atoms with Crippen molar-refractivity contribution in [3.63, 3.8) is 0 Å². The first-order chi connectivity index (χ1) is 16.7. The van der Waals surface area contributed by atoms with Gasteiger partial charge >= 0.3 is 18.4 Å². The van der Waals surface area contributed by atoms with E-state index >= 15 is 0 Å². The molecule has 2 aromatic rings. The summed E-state index contributed by atoms with van der Waals surface area (Å²) in [7, 11) is 0.